The van der Waals surface area contributed by atoms with Gasteiger partial charge in [-0.2, -0.15) is 0 Å². The lowest BCUT2D eigenvalue weighted by Crippen LogP contribution is -2.25. The van der Waals surface area contributed by atoms with Crippen LogP contribution in [0.15, 0.2) is 22.7 Å². The minimum absolute atomic E-state index is 0.247. The maximum Gasteiger partial charge on any atom is 0.0449 e. The van der Waals surface area contributed by atoms with E-state index < -0.39 is 0 Å². The molecule has 0 radical (unpaired) electrons. The predicted molar refractivity (Wildman–Crippen MR) is 77.4 cm³/mol. The molecule has 0 aliphatic heterocycles. The van der Waals surface area contributed by atoms with Crippen molar-refractivity contribution in [2.24, 2.45) is 11.7 Å². The topological polar surface area (TPSA) is 26.0 Å². The molecule has 0 bridgehead atoms. The van der Waals surface area contributed by atoms with Gasteiger partial charge in [0.25, 0.3) is 0 Å². The van der Waals surface area contributed by atoms with Crippen LogP contribution in [0.5, 0.6) is 0 Å². The highest BCUT2D eigenvalue weighted by atomic mass is 79.9. The minimum atomic E-state index is 0.247. The molecule has 1 aromatic carbocycles. The van der Waals surface area contributed by atoms with Gasteiger partial charge in [-0.1, -0.05) is 59.3 Å². The van der Waals surface area contributed by atoms with E-state index in [4.69, 9.17) is 17.3 Å². The lowest BCUT2D eigenvalue weighted by atomic mass is 9.94. The number of rotatable bonds is 4. The Bertz CT molecular complexity index is 374. The summed E-state index contributed by atoms with van der Waals surface area (Å²) in [5.41, 5.74) is 7.39. The first-order chi connectivity index (χ1) is 8.15. The average Bonchev–Trinajstić information content (AvgIpc) is 2.75. The molecule has 0 spiro atoms. The van der Waals surface area contributed by atoms with E-state index in [9.17, 15) is 0 Å². The van der Waals surface area contributed by atoms with Crippen molar-refractivity contribution in [2.45, 2.75) is 44.6 Å². The Balaban J connectivity index is 1.90. The van der Waals surface area contributed by atoms with Gasteiger partial charge in [0.05, 0.1) is 0 Å². The SMILES string of the molecule is NC(Cc1ccc(Br)cc1Cl)CC1CCCC1. The first-order valence-electron chi connectivity index (χ1n) is 6.34. The number of halogens is 2. The van der Waals surface area contributed by atoms with Crippen molar-refractivity contribution >= 4 is 27.5 Å². The van der Waals surface area contributed by atoms with Crippen molar-refractivity contribution in [1.82, 2.24) is 0 Å². The highest BCUT2D eigenvalue weighted by molar-refractivity contribution is 9.10. The predicted octanol–water partition coefficient (Wildman–Crippen LogP) is 4.55. The van der Waals surface area contributed by atoms with Crippen molar-refractivity contribution in [2.75, 3.05) is 0 Å². The van der Waals surface area contributed by atoms with Crippen LogP contribution in [0.2, 0.25) is 5.02 Å². The quantitative estimate of drug-likeness (QED) is 0.866. The van der Waals surface area contributed by atoms with Crippen molar-refractivity contribution in [3.05, 3.63) is 33.3 Å². The maximum absolute atomic E-state index is 6.22. The number of hydrogen-bond donors (Lipinski definition) is 1. The molecule has 1 saturated carbocycles. The standard InChI is InChI=1S/C14H19BrClN/c15-12-6-5-11(14(16)9-12)8-13(17)7-10-3-1-2-4-10/h5-6,9-10,13H,1-4,7-8,17H2. The van der Waals surface area contributed by atoms with Gasteiger partial charge in [0, 0.05) is 15.5 Å². The monoisotopic (exact) mass is 315 g/mol. The Morgan fingerprint density at radius 2 is 2.06 bits per heavy atom. The van der Waals surface area contributed by atoms with E-state index in [2.05, 4.69) is 22.0 Å². The molecule has 1 aromatic rings. The second-order valence-corrected chi connectivity index (χ2v) is 6.41. The minimum Gasteiger partial charge on any atom is -0.327 e. The van der Waals surface area contributed by atoms with Gasteiger partial charge in [-0.15, -0.1) is 0 Å². The Morgan fingerprint density at radius 3 is 2.71 bits per heavy atom. The van der Waals surface area contributed by atoms with Gasteiger partial charge in [0.2, 0.25) is 0 Å². The Morgan fingerprint density at radius 1 is 1.35 bits per heavy atom. The van der Waals surface area contributed by atoms with Crippen molar-refractivity contribution in [3.8, 4) is 0 Å². The fourth-order valence-corrected chi connectivity index (χ4v) is 3.48. The Kier molecular flexibility index (Phi) is 4.89. The van der Waals surface area contributed by atoms with Gasteiger partial charge < -0.3 is 5.73 Å². The maximum atomic E-state index is 6.22. The molecular weight excluding hydrogens is 298 g/mol. The van der Waals surface area contributed by atoms with E-state index in [-0.39, 0.29) is 6.04 Å². The van der Waals surface area contributed by atoms with Gasteiger partial charge >= 0.3 is 0 Å². The van der Waals surface area contributed by atoms with Crippen LogP contribution in [0.1, 0.15) is 37.7 Å². The lowest BCUT2D eigenvalue weighted by Gasteiger charge is -2.17. The van der Waals surface area contributed by atoms with Crippen LogP contribution in [-0.4, -0.2) is 6.04 Å². The Hall–Kier alpha value is -0.0500. The summed E-state index contributed by atoms with van der Waals surface area (Å²) in [5.74, 6) is 0.847. The molecule has 1 atom stereocenters. The van der Waals surface area contributed by atoms with Crippen LogP contribution >= 0.6 is 27.5 Å². The third-order valence-electron chi connectivity index (χ3n) is 3.61. The van der Waals surface area contributed by atoms with Crippen LogP contribution < -0.4 is 5.73 Å². The summed E-state index contributed by atoms with van der Waals surface area (Å²) in [5, 5.41) is 0.821. The van der Waals surface area contributed by atoms with Gasteiger partial charge in [0.1, 0.15) is 0 Å². The third kappa shape index (κ3) is 3.97. The molecule has 0 saturated heterocycles. The summed E-state index contributed by atoms with van der Waals surface area (Å²) < 4.78 is 1.02. The lowest BCUT2D eigenvalue weighted by molar-refractivity contribution is 0.440. The van der Waals surface area contributed by atoms with Crippen LogP contribution in [0.4, 0.5) is 0 Å². The van der Waals surface area contributed by atoms with Crippen molar-refractivity contribution < 1.29 is 0 Å². The van der Waals surface area contributed by atoms with E-state index >= 15 is 0 Å². The summed E-state index contributed by atoms with van der Waals surface area (Å²) in [7, 11) is 0. The van der Waals surface area contributed by atoms with Gasteiger partial charge in [-0.05, 0) is 36.5 Å². The van der Waals surface area contributed by atoms with E-state index in [0.29, 0.717) is 0 Å². The largest absolute Gasteiger partial charge is 0.327 e. The summed E-state index contributed by atoms with van der Waals surface area (Å²) >= 11 is 9.62. The summed E-state index contributed by atoms with van der Waals surface area (Å²) in [6.45, 7) is 0. The molecule has 1 fully saturated rings. The smallest absolute Gasteiger partial charge is 0.0449 e. The van der Waals surface area contributed by atoms with Crippen LogP contribution in [0.3, 0.4) is 0 Å². The first-order valence-corrected chi connectivity index (χ1v) is 7.52. The highest BCUT2D eigenvalue weighted by Crippen LogP contribution is 2.29. The molecule has 0 heterocycles. The summed E-state index contributed by atoms with van der Waals surface area (Å²) in [6.07, 6.45) is 7.53. The molecule has 3 heteroatoms. The fraction of sp³-hybridized carbons (Fsp3) is 0.571. The van der Waals surface area contributed by atoms with E-state index in [1.165, 1.54) is 31.2 Å². The normalized spacial score (nSPS) is 18.5. The van der Waals surface area contributed by atoms with E-state index in [1.807, 2.05) is 12.1 Å². The van der Waals surface area contributed by atoms with Crippen molar-refractivity contribution in [3.63, 3.8) is 0 Å². The molecular formula is C14H19BrClN. The molecule has 1 unspecified atom stereocenters. The van der Waals surface area contributed by atoms with Crippen LogP contribution in [0, 0.1) is 5.92 Å². The second kappa shape index (κ2) is 6.21. The van der Waals surface area contributed by atoms with Gasteiger partial charge in [0.15, 0.2) is 0 Å². The number of hydrogen-bond acceptors (Lipinski definition) is 1. The average molecular weight is 317 g/mol. The molecule has 0 amide bonds. The zero-order valence-corrected chi connectivity index (χ0v) is 12.3. The number of benzene rings is 1. The van der Waals surface area contributed by atoms with Crippen LogP contribution in [0.25, 0.3) is 0 Å². The second-order valence-electron chi connectivity index (χ2n) is 5.09. The number of nitrogens with two attached hydrogens (primary N) is 1. The molecule has 17 heavy (non-hydrogen) atoms. The molecule has 2 rings (SSSR count). The zero-order valence-electron chi connectivity index (χ0n) is 9.96. The molecule has 1 nitrogen and oxygen atoms in total. The van der Waals surface area contributed by atoms with E-state index in [0.717, 1.165) is 28.3 Å². The Labute approximate surface area is 117 Å². The van der Waals surface area contributed by atoms with Crippen LogP contribution in [-0.2, 0) is 6.42 Å². The summed E-state index contributed by atoms with van der Waals surface area (Å²) in [4.78, 5) is 0. The highest BCUT2D eigenvalue weighted by Gasteiger charge is 2.18. The molecule has 0 aromatic heterocycles. The van der Waals surface area contributed by atoms with E-state index in [1.54, 1.807) is 0 Å². The third-order valence-corrected chi connectivity index (χ3v) is 4.45. The van der Waals surface area contributed by atoms with Crippen molar-refractivity contribution in [1.29, 1.82) is 0 Å². The fourth-order valence-electron chi connectivity index (χ4n) is 2.73. The summed E-state index contributed by atoms with van der Waals surface area (Å²) in [6, 6.07) is 6.29. The molecule has 1 aliphatic carbocycles. The molecule has 2 N–H and O–H groups in total. The van der Waals surface area contributed by atoms with Gasteiger partial charge in [-0.3, -0.25) is 0 Å². The van der Waals surface area contributed by atoms with Gasteiger partial charge in [-0.25, -0.2) is 0 Å². The zero-order chi connectivity index (χ0) is 12.3. The first kappa shape index (κ1) is 13.4. The molecule has 1 aliphatic rings. The molecule has 94 valence electrons.